The molecule has 3 aromatic rings. The van der Waals surface area contributed by atoms with Crippen LogP contribution in [0.5, 0.6) is 0 Å². The first-order chi connectivity index (χ1) is 13.8. The van der Waals surface area contributed by atoms with E-state index in [9.17, 15) is 4.79 Å². The first-order valence-corrected chi connectivity index (χ1v) is 9.66. The Hall–Kier alpha value is -3.06. The summed E-state index contributed by atoms with van der Waals surface area (Å²) in [5.41, 5.74) is 2.96. The van der Waals surface area contributed by atoms with E-state index in [1.165, 1.54) is 5.56 Å². The Balaban J connectivity index is 1.25. The highest BCUT2D eigenvalue weighted by Crippen LogP contribution is 2.22. The van der Waals surface area contributed by atoms with Crippen LogP contribution in [0.25, 0.3) is 11.4 Å². The normalized spacial score (nSPS) is 15.4. The van der Waals surface area contributed by atoms with Gasteiger partial charge in [-0.2, -0.15) is 5.21 Å². The summed E-state index contributed by atoms with van der Waals surface area (Å²) in [4.78, 5) is 14.7. The number of benzene rings is 2. The summed E-state index contributed by atoms with van der Waals surface area (Å²) in [5.74, 6) is 1.22. The van der Waals surface area contributed by atoms with Crippen LogP contribution in [0.15, 0.2) is 54.6 Å². The number of carbonyl (C=O) groups excluding carboxylic acids is 1. The molecular weight excluding hydrogens is 352 g/mol. The number of tetrazole rings is 1. The number of likely N-dealkylation sites (tertiary alicyclic amines) is 1. The van der Waals surface area contributed by atoms with Crippen LogP contribution >= 0.6 is 0 Å². The smallest absolute Gasteiger partial charge is 0.238 e. The summed E-state index contributed by atoms with van der Waals surface area (Å²) in [6.07, 6.45) is 3.40. The first-order valence-electron chi connectivity index (χ1n) is 9.66. The van der Waals surface area contributed by atoms with Crippen molar-refractivity contribution in [1.82, 2.24) is 25.5 Å². The number of amides is 1. The van der Waals surface area contributed by atoms with E-state index in [1.807, 2.05) is 24.3 Å². The molecular formula is C21H24N6O. The van der Waals surface area contributed by atoms with Crippen molar-refractivity contribution < 1.29 is 4.79 Å². The first kappa shape index (κ1) is 18.3. The second kappa shape index (κ2) is 8.75. The molecule has 1 aliphatic heterocycles. The average Bonchev–Trinajstić information content (AvgIpc) is 3.25. The van der Waals surface area contributed by atoms with Crippen molar-refractivity contribution in [3.05, 3.63) is 60.2 Å². The van der Waals surface area contributed by atoms with Crippen molar-refractivity contribution in [3.8, 4) is 11.4 Å². The van der Waals surface area contributed by atoms with E-state index in [1.54, 1.807) is 0 Å². The summed E-state index contributed by atoms with van der Waals surface area (Å²) in [6.45, 7) is 2.35. The minimum atomic E-state index is 0.00627. The molecule has 0 radical (unpaired) electrons. The fourth-order valence-electron chi connectivity index (χ4n) is 3.72. The minimum absolute atomic E-state index is 0.00627. The van der Waals surface area contributed by atoms with E-state index in [2.05, 4.69) is 61.2 Å². The van der Waals surface area contributed by atoms with Gasteiger partial charge in [0.2, 0.25) is 11.7 Å². The van der Waals surface area contributed by atoms with Crippen molar-refractivity contribution in [2.24, 2.45) is 5.92 Å². The second-order valence-electron chi connectivity index (χ2n) is 7.27. The number of rotatable bonds is 6. The van der Waals surface area contributed by atoms with E-state index in [-0.39, 0.29) is 5.91 Å². The van der Waals surface area contributed by atoms with Crippen molar-refractivity contribution in [2.45, 2.75) is 19.3 Å². The standard InChI is InChI=1S/C21H24N6O/c28-20(22-19-8-4-7-18(14-19)21-23-25-26-24-21)15-27-11-9-17(10-12-27)13-16-5-2-1-3-6-16/h1-8,14,17H,9-13,15H2,(H,22,28)(H,23,24,25,26). The largest absolute Gasteiger partial charge is 0.325 e. The maximum atomic E-state index is 12.4. The number of aromatic nitrogens is 4. The Labute approximate surface area is 164 Å². The zero-order valence-electron chi connectivity index (χ0n) is 15.7. The van der Waals surface area contributed by atoms with Gasteiger partial charge in [-0.1, -0.05) is 42.5 Å². The highest BCUT2D eigenvalue weighted by Gasteiger charge is 2.21. The molecule has 0 spiro atoms. The lowest BCUT2D eigenvalue weighted by molar-refractivity contribution is -0.117. The number of carbonyl (C=O) groups is 1. The number of nitrogens with zero attached hydrogens (tertiary/aromatic N) is 4. The highest BCUT2D eigenvalue weighted by molar-refractivity contribution is 5.92. The molecule has 1 fully saturated rings. The van der Waals surface area contributed by atoms with Gasteiger partial charge in [0.25, 0.3) is 0 Å². The lowest BCUT2D eigenvalue weighted by atomic mass is 9.90. The molecule has 1 aliphatic rings. The lowest BCUT2D eigenvalue weighted by Gasteiger charge is -2.31. The molecule has 2 N–H and O–H groups in total. The van der Waals surface area contributed by atoms with Gasteiger partial charge in [0.05, 0.1) is 6.54 Å². The van der Waals surface area contributed by atoms with Gasteiger partial charge in [0.1, 0.15) is 0 Å². The lowest BCUT2D eigenvalue weighted by Crippen LogP contribution is -2.39. The molecule has 2 heterocycles. The van der Waals surface area contributed by atoms with Crippen LogP contribution in [-0.2, 0) is 11.2 Å². The fourth-order valence-corrected chi connectivity index (χ4v) is 3.72. The molecule has 0 bridgehead atoms. The van der Waals surface area contributed by atoms with Gasteiger partial charge in [0, 0.05) is 11.3 Å². The van der Waals surface area contributed by atoms with Crippen molar-refractivity contribution in [2.75, 3.05) is 25.0 Å². The van der Waals surface area contributed by atoms with E-state index >= 15 is 0 Å². The quantitative estimate of drug-likeness (QED) is 0.691. The summed E-state index contributed by atoms with van der Waals surface area (Å²) in [6, 6.07) is 18.1. The summed E-state index contributed by atoms with van der Waals surface area (Å²) >= 11 is 0. The molecule has 0 atom stereocenters. The predicted molar refractivity (Wildman–Crippen MR) is 108 cm³/mol. The molecule has 7 heteroatoms. The molecule has 0 unspecified atom stereocenters. The molecule has 28 heavy (non-hydrogen) atoms. The number of hydrogen-bond acceptors (Lipinski definition) is 5. The van der Waals surface area contributed by atoms with E-state index in [0.717, 1.165) is 43.6 Å². The summed E-state index contributed by atoms with van der Waals surface area (Å²) in [7, 11) is 0. The molecule has 0 saturated carbocycles. The molecule has 1 aromatic heterocycles. The predicted octanol–water partition coefficient (Wildman–Crippen LogP) is 2.76. The van der Waals surface area contributed by atoms with Crippen LogP contribution in [0.1, 0.15) is 18.4 Å². The fraction of sp³-hybridized carbons (Fsp3) is 0.333. The zero-order valence-corrected chi connectivity index (χ0v) is 15.7. The second-order valence-corrected chi connectivity index (χ2v) is 7.27. The van der Waals surface area contributed by atoms with Crippen LogP contribution in [0.4, 0.5) is 5.69 Å². The molecule has 1 saturated heterocycles. The maximum absolute atomic E-state index is 12.4. The SMILES string of the molecule is O=C(CN1CCC(Cc2ccccc2)CC1)Nc1cccc(-c2nn[nH]n2)c1. The number of piperidine rings is 1. The molecule has 7 nitrogen and oxygen atoms in total. The van der Waals surface area contributed by atoms with Crippen molar-refractivity contribution in [1.29, 1.82) is 0 Å². The zero-order chi connectivity index (χ0) is 19.2. The number of aromatic amines is 1. The summed E-state index contributed by atoms with van der Waals surface area (Å²) in [5, 5.41) is 16.9. The van der Waals surface area contributed by atoms with Crippen LogP contribution in [0.3, 0.4) is 0 Å². The Bertz CT molecular complexity index is 888. The molecule has 2 aromatic carbocycles. The average molecular weight is 376 g/mol. The van der Waals surface area contributed by atoms with Gasteiger partial charge in [0.15, 0.2) is 0 Å². The van der Waals surface area contributed by atoms with E-state index < -0.39 is 0 Å². The van der Waals surface area contributed by atoms with Gasteiger partial charge in [-0.05, 0) is 61.2 Å². The molecule has 1 amide bonds. The third-order valence-electron chi connectivity index (χ3n) is 5.19. The maximum Gasteiger partial charge on any atom is 0.238 e. The number of hydrogen-bond donors (Lipinski definition) is 2. The number of nitrogens with one attached hydrogen (secondary N) is 2. The van der Waals surface area contributed by atoms with Crippen LogP contribution < -0.4 is 5.32 Å². The minimum Gasteiger partial charge on any atom is -0.325 e. The molecule has 0 aliphatic carbocycles. The van der Waals surface area contributed by atoms with Gasteiger partial charge in [-0.15, -0.1) is 10.2 Å². The van der Waals surface area contributed by atoms with Crippen LogP contribution in [-0.4, -0.2) is 51.1 Å². The van der Waals surface area contributed by atoms with E-state index in [0.29, 0.717) is 18.3 Å². The topological polar surface area (TPSA) is 86.8 Å². The Morgan fingerprint density at radius 1 is 1.11 bits per heavy atom. The highest BCUT2D eigenvalue weighted by atomic mass is 16.2. The Kier molecular flexibility index (Phi) is 5.72. The Morgan fingerprint density at radius 3 is 2.68 bits per heavy atom. The summed E-state index contributed by atoms with van der Waals surface area (Å²) < 4.78 is 0. The van der Waals surface area contributed by atoms with Gasteiger partial charge >= 0.3 is 0 Å². The molecule has 144 valence electrons. The van der Waals surface area contributed by atoms with Gasteiger partial charge in [-0.3, -0.25) is 9.69 Å². The number of anilines is 1. The van der Waals surface area contributed by atoms with Crippen molar-refractivity contribution >= 4 is 11.6 Å². The van der Waals surface area contributed by atoms with Crippen LogP contribution in [0.2, 0.25) is 0 Å². The monoisotopic (exact) mass is 376 g/mol. The number of H-pyrrole nitrogens is 1. The molecule has 4 rings (SSSR count). The van der Waals surface area contributed by atoms with Gasteiger partial charge < -0.3 is 5.32 Å². The van der Waals surface area contributed by atoms with Crippen molar-refractivity contribution in [3.63, 3.8) is 0 Å². The van der Waals surface area contributed by atoms with E-state index in [4.69, 9.17) is 0 Å². The third-order valence-corrected chi connectivity index (χ3v) is 5.19. The van der Waals surface area contributed by atoms with Crippen LogP contribution in [0, 0.1) is 5.92 Å². The third kappa shape index (κ3) is 4.80. The Morgan fingerprint density at radius 2 is 1.93 bits per heavy atom. The van der Waals surface area contributed by atoms with Gasteiger partial charge in [-0.25, -0.2) is 0 Å².